The smallest absolute Gasteiger partial charge is 0.0116 e. The average Bonchev–Trinajstić information content (AvgIpc) is 2.74. The van der Waals surface area contributed by atoms with Crippen LogP contribution in [-0.2, 0) is 12.8 Å². The molecular formula is C16H15. The van der Waals surface area contributed by atoms with Crippen molar-refractivity contribution in [2.45, 2.75) is 25.2 Å². The van der Waals surface area contributed by atoms with Crippen LogP contribution in [0.1, 0.15) is 29.0 Å². The van der Waals surface area contributed by atoms with E-state index in [0.29, 0.717) is 0 Å². The number of hydrogen-bond donors (Lipinski definition) is 0. The van der Waals surface area contributed by atoms with E-state index in [9.17, 15) is 0 Å². The van der Waals surface area contributed by atoms with Gasteiger partial charge in [-0.25, -0.2) is 0 Å². The molecule has 0 N–H and O–H groups in total. The molecule has 2 aromatic carbocycles. The van der Waals surface area contributed by atoms with Crippen LogP contribution in [0.25, 0.3) is 0 Å². The second kappa shape index (κ2) is 4.13. The quantitative estimate of drug-likeness (QED) is 0.703. The summed E-state index contributed by atoms with van der Waals surface area (Å²) in [6.45, 7) is 0. The Balaban J connectivity index is 1.84. The summed E-state index contributed by atoms with van der Waals surface area (Å²) >= 11 is 0. The van der Waals surface area contributed by atoms with Crippen molar-refractivity contribution < 1.29 is 0 Å². The first kappa shape index (κ1) is 9.65. The van der Waals surface area contributed by atoms with E-state index in [-0.39, 0.29) is 0 Å². The lowest BCUT2D eigenvalue weighted by atomic mass is 9.94. The molecule has 0 heteroatoms. The Kier molecular flexibility index (Phi) is 2.49. The highest BCUT2D eigenvalue weighted by Gasteiger charge is 2.21. The standard InChI is InChI=1S/C16H15/c1-2-6-13(7-3-1)12-15-11-10-14-8-4-5-9-16(14)15/h2-9,15H,10-12H2. The maximum atomic E-state index is 3.08. The topological polar surface area (TPSA) is 0 Å². The molecule has 79 valence electrons. The first-order chi connectivity index (χ1) is 7.93. The van der Waals surface area contributed by atoms with Crippen molar-refractivity contribution in [3.63, 3.8) is 0 Å². The maximum absolute atomic E-state index is 3.08. The van der Waals surface area contributed by atoms with E-state index in [0.717, 1.165) is 5.92 Å². The molecule has 16 heavy (non-hydrogen) atoms. The van der Waals surface area contributed by atoms with Crippen LogP contribution in [0.15, 0.2) is 48.5 Å². The van der Waals surface area contributed by atoms with E-state index in [2.05, 4.69) is 42.5 Å². The number of hydrogen-bond acceptors (Lipinski definition) is 0. The molecular weight excluding hydrogens is 192 g/mol. The SMILES string of the molecule is [c]1ccc(CC2CCc3ccccc32)cc1. The molecule has 3 rings (SSSR count). The fraction of sp³-hybridized carbons (Fsp3) is 0.250. The summed E-state index contributed by atoms with van der Waals surface area (Å²) in [6.07, 6.45) is 3.73. The van der Waals surface area contributed by atoms with Gasteiger partial charge >= 0.3 is 0 Å². The van der Waals surface area contributed by atoms with Crippen molar-refractivity contribution in [3.8, 4) is 0 Å². The molecule has 0 saturated carbocycles. The highest BCUT2D eigenvalue weighted by Crippen LogP contribution is 2.35. The first-order valence-electron chi connectivity index (χ1n) is 5.96. The minimum Gasteiger partial charge on any atom is -0.0620 e. The Morgan fingerprint density at radius 1 is 1.06 bits per heavy atom. The van der Waals surface area contributed by atoms with E-state index in [1.165, 1.54) is 24.8 Å². The van der Waals surface area contributed by atoms with Gasteiger partial charge in [0.1, 0.15) is 0 Å². The predicted octanol–water partition coefficient (Wildman–Crippen LogP) is 3.76. The van der Waals surface area contributed by atoms with Gasteiger partial charge in [0.05, 0.1) is 0 Å². The van der Waals surface area contributed by atoms with Crippen molar-refractivity contribution in [2.75, 3.05) is 0 Å². The minimum absolute atomic E-state index is 0.721. The Labute approximate surface area is 96.9 Å². The highest BCUT2D eigenvalue weighted by atomic mass is 14.3. The van der Waals surface area contributed by atoms with Gasteiger partial charge in [-0.1, -0.05) is 48.5 Å². The van der Waals surface area contributed by atoms with Gasteiger partial charge in [0.15, 0.2) is 0 Å². The second-order valence-corrected chi connectivity index (χ2v) is 4.55. The Hall–Kier alpha value is -1.56. The van der Waals surface area contributed by atoms with Gasteiger partial charge in [-0.2, -0.15) is 0 Å². The molecule has 0 spiro atoms. The normalized spacial score (nSPS) is 18.4. The number of rotatable bonds is 2. The lowest BCUT2D eigenvalue weighted by Gasteiger charge is -2.11. The summed E-state index contributed by atoms with van der Waals surface area (Å²) < 4.78 is 0. The molecule has 0 amide bonds. The summed E-state index contributed by atoms with van der Waals surface area (Å²) in [5.41, 5.74) is 4.55. The monoisotopic (exact) mass is 207 g/mol. The third-order valence-electron chi connectivity index (χ3n) is 3.53. The van der Waals surface area contributed by atoms with Crippen molar-refractivity contribution in [1.29, 1.82) is 0 Å². The molecule has 1 atom stereocenters. The van der Waals surface area contributed by atoms with Gasteiger partial charge in [0.2, 0.25) is 0 Å². The zero-order valence-electron chi connectivity index (χ0n) is 9.32. The van der Waals surface area contributed by atoms with Crippen molar-refractivity contribution in [1.82, 2.24) is 0 Å². The van der Waals surface area contributed by atoms with Crippen LogP contribution < -0.4 is 0 Å². The van der Waals surface area contributed by atoms with Crippen LogP contribution in [0.5, 0.6) is 0 Å². The highest BCUT2D eigenvalue weighted by molar-refractivity contribution is 5.36. The molecule has 2 aromatic rings. The van der Waals surface area contributed by atoms with Gasteiger partial charge in [-0.05, 0) is 47.9 Å². The number of aryl methyl sites for hydroxylation is 1. The van der Waals surface area contributed by atoms with Crippen LogP contribution in [0.3, 0.4) is 0 Å². The summed E-state index contributed by atoms with van der Waals surface area (Å²) in [7, 11) is 0. The van der Waals surface area contributed by atoms with Gasteiger partial charge < -0.3 is 0 Å². The maximum Gasteiger partial charge on any atom is -0.0116 e. The molecule has 0 aromatic heterocycles. The largest absolute Gasteiger partial charge is 0.0620 e. The van der Waals surface area contributed by atoms with Crippen LogP contribution in [0.4, 0.5) is 0 Å². The van der Waals surface area contributed by atoms with E-state index in [4.69, 9.17) is 0 Å². The Morgan fingerprint density at radius 2 is 1.88 bits per heavy atom. The zero-order chi connectivity index (χ0) is 10.8. The van der Waals surface area contributed by atoms with Crippen LogP contribution in [-0.4, -0.2) is 0 Å². The molecule has 0 bridgehead atoms. The molecule has 1 aliphatic rings. The lowest BCUT2D eigenvalue weighted by Crippen LogP contribution is -1.98. The fourth-order valence-electron chi connectivity index (χ4n) is 2.70. The van der Waals surface area contributed by atoms with E-state index < -0.39 is 0 Å². The summed E-state index contributed by atoms with van der Waals surface area (Å²) in [6, 6.07) is 20.3. The average molecular weight is 207 g/mol. The first-order valence-corrected chi connectivity index (χ1v) is 5.96. The molecule has 1 unspecified atom stereocenters. The lowest BCUT2D eigenvalue weighted by molar-refractivity contribution is 0.674. The Morgan fingerprint density at radius 3 is 2.75 bits per heavy atom. The fourth-order valence-corrected chi connectivity index (χ4v) is 2.70. The molecule has 1 aliphatic carbocycles. The van der Waals surface area contributed by atoms with Crippen molar-refractivity contribution >= 4 is 0 Å². The van der Waals surface area contributed by atoms with Gasteiger partial charge in [0.25, 0.3) is 0 Å². The van der Waals surface area contributed by atoms with Gasteiger partial charge in [-0.15, -0.1) is 0 Å². The van der Waals surface area contributed by atoms with Crippen LogP contribution >= 0.6 is 0 Å². The van der Waals surface area contributed by atoms with Crippen LogP contribution in [0.2, 0.25) is 0 Å². The van der Waals surface area contributed by atoms with E-state index in [1.807, 2.05) is 12.1 Å². The molecule has 0 heterocycles. The third kappa shape index (κ3) is 1.76. The summed E-state index contributed by atoms with van der Waals surface area (Å²) in [4.78, 5) is 0. The predicted molar refractivity (Wildman–Crippen MR) is 66.5 cm³/mol. The molecule has 0 nitrogen and oxygen atoms in total. The van der Waals surface area contributed by atoms with E-state index >= 15 is 0 Å². The molecule has 0 fully saturated rings. The minimum atomic E-state index is 0.721. The van der Waals surface area contributed by atoms with Gasteiger partial charge in [-0.3, -0.25) is 0 Å². The van der Waals surface area contributed by atoms with Crippen molar-refractivity contribution in [3.05, 3.63) is 71.3 Å². The third-order valence-corrected chi connectivity index (χ3v) is 3.53. The summed E-state index contributed by atoms with van der Waals surface area (Å²) in [5, 5.41) is 0. The zero-order valence-corrected chi connectivity index (χ0v) is 9.32. The molecule has 0 saturated heterocycles. The van der Waals surface area contributed by atoms with Crippen LogP contribution in [0, 0.1) is 6.07 Å². The molecule has 1 radical (unpaired) electrons. The molecule has 0 aliphatic heterocycles. The number of fused-ring (bicyclic) bond motifs is 1. The second-order valence-electron chi connectivity index (χ2n) is 4.55. The summed E-state index contributed by atoms with van der Waals surface area (Å²) in [5.74, 6) is 0.721. The Bertz CT molecular complexity index is 470. The van der Waals surface area contributed by atoms with E-state index in [1.54, 1.807) is 11.1 Å². The van der Waals surface area contributed by atoms with Crippen molar-refractivity contribution in [2.24, 2.45) is 0 Å². The number of benzene rings is 2. The van der Waals surface area contributed by atoms with Gasteiger partial charge in [0, 0.05) is 0 Å².